The predicted octanol–water partition coefficient (Wildman–Crippen LogP) is 2.62. The largest absolute Gasteiger partial charge is 0.303 e. The van der Waals surface area contributed by atoms with Gasteiger partial charge in [-0.2, -0.15) is 0 Å². The number of aromatic nitrogens is 2. The average molecular weight is 218 g/mol. The Kier molecular flexibility index (Phi) is 1.95. The van der Waals surface area contributed by atoms with Crippen LogP contribution in [0.2, 0.25) is 0 Å². The van der Waals surface area contributed by atoms with Gasteiger partial charge in [-0.25, -0.2) is 4.98 Å². The molecular formula is C11H10N2OS. The first-order valence-electron chi connectivity index (χ1n) is 4.96. The first kappa shape index (κ1) is 8.85. The summed E-state index contributed by atoms with van der Waals surface area (Å²) in [5.74, 6) is 1.75. The predicted molar refractivity (Wildman–Crippen MR) is 58.8 cm³/mol. The van der Waals surface area contributed by atoms with Gasteiger partial charge in [0, 0.05) is 23.7 Å². The molecule has 1 fully saturated rings. The van der Waals surface area contributed by atoms with Crippen LogP contribution in [-0.2, 0) is 0 Å². The summed E-state index contributed by atoms with van der Waals surface area (Å²) in [5, 5.41) is 2.00. The van der Waals surface area contributed by atoms with Gasteiger partial charge < -0.3 is 4.57 Å². The van der Waals surface area contributed by atoms with Gasteiger partial charge in [-0.3, -0.25) is 4.79 Å². The Morgan fingerprint density at radius 2 is 2.40 bits per heavy atom. The maximum atomic E-state index is 10.6. The summed E-state index contributed by atoms with van der Waals surface area (Å²) in [6, 6.07) is 1.91. The van der Waals surface area contributed by atoms with E-state index >= 15 is 0 Å². The third kappa shape index (κ3) is 1.51. The summed E-state index contributed by atoms with van der Waals surface area (Å²) in [5.41, 5.74) is 1.06. The highest BCUT2D eigenvalue weighted by molar-refractivity contribution is 7.12. The molecule has 4 heteroatoms. The van der Waals surface area contributed by atoms with Crippen LogP contribution >= 0.6 is 11.3 Å². The van der Waals surface area contributed by atoms with Crippen LogP contribution in [0.15, 0.2) is 23.8 Å². The van der Waals surface area contributed by atoms with Crippen LogP contribution in [0.25, 0.3) is 5.69 Å². The molecule has 1 aliphatic rings. The Morgan fingerprint density at radius 1 is 1.53 bits per heavy atom. The highest BCUT2D eigenvalue weighted by atomic mass is 32.1. The number of nitrogens with zero attached hydrogens (tertiary/aromatic N) is 2. The van der Waals surface area contributed by atoms with Gasteiger partial charge in [0.15, 0.2) is 6.29 Å². The second-order valence-electron chi connectivity index (χ2n) is 3.75. The minimum atomic E-state index is 0.625. The molecule has 0 bridgehead atoms. The normalized spacial score (nSPS) is 15.5. The highest BCUT2D eigenvalue weighted by Gasteiger charge is 2.28. The van der Waals surface area contributed by atoms with Crippen molar-refractivity contribution < 1.29 is 4.79 Å². The third-order valence-electron chi connectivity index (χ3n) is 2.61. The Hall–Kier alpha value is -1.42. The van der Waals surface area contributed by atoms with Gasteiger partial charge in [-0.15, -0.1) is 11.3 Å². The summed E-state index contributed by atoms with van der Waals surface area (Å²) in [4.78, 5) is 15.7. The Bertz CT molecular complexity index is 496. The van der Waals surface area contributed by atoms with Crippen LogP contribution in [0.1, 0.15) is 34.3 Å². The Morgan fingerprint density at radius 3 is 3.07 bits per heavy atom. The molecule has 0 atom stereocenters. The second kappa shape index (κ2) is 3.31. The maximum absolute atomic E-state index is 10.6. The molecule has 1 aliphatic carbocycles. The lowest BCUT2D eigenvalue weighted by Gasteiger charge is -2.02. The van der Waals surface area contributed by atoms with Gasteiger partial charge in [0.2, 0.25) is 0 Å². The molecule has 0 amide bonds. The summed E-state index contributed by atoms with van der Waals surface area (Å²) in [6.07, 6.45) is 7.15. The van der Waals surface area contributed by atoms with Crippen LogP contribution in [0.5, 0.6) is 0 Å². The molecular weight excluding hydrogens is 208 g/mol. The average Bonchev–Trinajstić information content (AvgIpc) is 2.83. The van der Waals surface area contributed by atoms with E-state index in [2.05, 4.69) is 9.55 Å². The first-order valence-corrected chi connectivity index (χ1v) is 5.84. The number of carbonyl (C=O) groups is 1. The van der Waals surface area contributed by atoms with Gasteiger partial charge in [0.05, 0.1) is 10.6 Å². The molecule has 0 radical (unpaired) electrons. The second-order valence-corrected chi connectivity index (χ2v) is 4.70. The summed E-state index contributed by atoms with van der Waals surface area (Å²) >= 11 is 1.47. The van der Waals surface area contributed by atoms with E-state index in [-0.39, 0.29) is 0 Å². The number of hydrogen-bond donors (Lipinski definition) is 0. The standard InChI is InChI=1S/C11H10N2OS/c14-6-10-5-9(7-15-10)13-4-3-12-11(13)8-1-2-8/h3-8H,1-2H2. The van der Waals surface area contributed by atoms with Crippen molar-refractivity contribution in [2.24, 2.45) is 0 Å². The van der Waals surface area contributed by atoms with E-state index in [1.807, 2.05) is 23.8 Å². The Labute approximate surface area is 91.4 Å². The van der Waals surface area contributed by atoms with E-state index in [4.69, 9.17) is 0 Å². The van der Waals surface area contributed by atoms with Crippen LogP contribution in [-0.4, -0.2) is 15.8 Å². The zero-order chi connectivity index (χ0) is 10.3. The van der Waals surface area contributed by atoms with Gasteiger partial charge in [-0.1, -0.05) is 0 Å². The van der Waals surface area contributed by atoms with Crippen molar-refractivity contribution in [1.29, 1.82) is 0 Å². The maximum Gasteiger partial charge on any atom is 0.160 e. The fourth-order valence-corrected chi connectivity index (χ4v) is 2.39. The fourth-order valence-electron chi connectivity index (χ4n) is 1.71. The molecule has 0 aliphatic heterocycles. The summed E-state index contributed by atoms with van der Waals surface area (Å²) in [7, 11) is 0. The monoisotopic (exact) mass is 218 g/mol. The first-order chi connectivity index (χ1) is 7.38. The molecule has 0 saturated heterocycles. The van der Waals surface area contributed by atoms with Gasteiger partial charge in [-0.05, 0) is 18.9 Å². The minimum absolute atomic E-state index is 0.625. The zero-order valence-corrected chi connectivity index (χ0v) is 8.91. The van der Waals surface area contributed by atoms with E-state index < -0.39 is 0 Å². The molecule has 0 aromatic carbocycles. The fraction of sp³-hybridized carbons (Fsp3) is 0.273. The third-order valence-corrected chi connectivity index (χ3v) is 3.46. The lowest BCUT2D eigenvalue weighted by atomic mass is 10.3. The van der Waals surface area contributed by atoms with E-state index in [9.17, 15) is 4.79 Å². The van der Waals surface area contributed by atoms with Crippen LogP contribution < -0.4 is 0 Å². The summed E-state index contributed by atoms with van der Waals surface area (Å²) < 4.78 is 2.08. The van der Waals surface area contributed by atoms with Crippen molar-refractivity contribution in [2.45, 2.75) is 18.8 Å². The van der Waals surface area contributed by atoms with E-state index in [1.165, 1.54) is 24.2 Å². The zero-order valence-electron chi connectivity index (χ0n) is 8.09. The number of carbonyl (C=O) groups excluding carboxylic acids is 1. The van der Waals surface area contributed by atoms with Crippen LogP contribution in [0.4, 0.5) is 0 Å². The van der Waals surface area contributed by atoms with Crippen molar-refractivity contribution in [3.05, 3.63) is 34.5 Å². The lowest BCUT2D eigenvalue weighted by molar-refractivity contribution is 0.112. The summed E-state index contributed by atoms with van der Waals surface area (Å²) in [6.45, 7) is 0. The number of hydrogen-bond acceptors (Lipinski definition) is 3. The SMILES string of the molecule is O=Cc1cc(-n2ccnc2C2CC2)cs1. The van der Waals surface area contributed by atoms with Crippen molar-refractivity contribution in [2.75, 3.05) is 0 Å². The molecule has 0 unspecified atom stereocenters. The molecule has 3 nitrogen and oxygen atoms in total. The van der Waals surface area contributed by atoms with Gasteiger partial charge in [0.25, 0.3) is 0 Å². The minimum Gasteiger partial charge on any atom is -0.303 e. The molecule has 0 spiro atoms. The van der Waals surface area contributed by atoms with E-state index in [1.54, 1.807) is 0 Å². The molecule has 1 saturated carbocycles. The Balaban J connectivity index is 2.03. The van der Waals surface area contributed by atoms with Crippen molar-refractivity contribution >= 4 is 17.6 Å². The number of thiophene rings is 1. The van der Waals surface area contributed by atoms with Crippen molar-refractivity contribution in [3.8, 4) is 5.69 Å². The van der Waals surface area contributed by atoms with Gasteiger partial charge >= 0.3 is 0 Å². The quantitative estimate of drug-likeness (QED) is 0.742. The van der Waals surface area contributed by atoms with Crippen molar-refractivity contribution in [3.63, 3.8) is 0 Å². The van der Waals surface area contributed by atoms with Crippen LogP contribution in [0.3, 0.4) is 0 Å². The lowest BCUT2D eigenvalue weighted by Crippen LogP contribution is -1.96. The number of imidazole rings is 1. The van der Waals surface area contributed by atoms with Crippen LogP contribution in [0, 0.1) is 0 Å². The molecule has 3 rings (SSSR count). The smallest absolute Gasteiger partial charge is 0.160 e. The molecule has 15 heavy (non-hydrogen) atoms. The highest BCUT2D eigenvalue weighted by Crippen LogP contribution is 2.40. The van der Waals surface area contributed by atoms with Crippen molar-refractivity contribution in [1.82, 2.24) is 9.55 Å². The topological polar surface area (TPSA) is 34.9 Å². The molecule has 2 aromatic rings. The number of rotatable bonds is 3. The molecule has 2 heterocycles. The van der Waals surface area contributed by atoms with E-state index in [0.29, 0.717) is 5.92 Å². The molecule has 0 N–H and O–H groups in total. The molecule has 2 aromatic heterocycles. The molecule has 76 valence electrons. The number of aldehydes is 1. The van der Waals surface area contributed by atoms with Gasteiger partial charge in [0.1, 0.15) is 5.82 Å². The van der Waals surface area contributed by atoms with E-state index in [0.717, 1.165) is 22.7 Å².